The number of piperazine rings is 1. The zero-order valence-electron chi connectivity index (χ0n) is 15.1. The number of hydrogen-bond donors (Lipinski definition) is 2. The molecule has 0 atom stereocenters. The Morgan fingerprint density at radius 2 is 1.97 bits per heavy atom. The number of nitrogens with zero attached hydrogens (tertiary/aromatic N) is 5. The molecule has 29 heavy (non-hydrogen) atoms. The number of nitriles is 1. The Hall–Kier alpha value is -3.46. The van der Waals surface area contributed by atoms with Crippen molar-refractivity contribution >= 4 is 11.8 Å². The molecule has 3 heterocycles. The molecule has 1 aliphatic rings. The summed E-state index contributed by atoms with van der Waals surface area (Å²) in [4.78, 5) is 23.9. The molecule has 0 amide bonds. The first-order chi connectivity index (χ1) is 13.8. The summed E-state index contributed by atoms with van der Waals surface area (Å²) in [5.41, 5.74) is 1.28. The molecular formula is C17H17F3N6O3. The average molecular weight is 410 g/mol. The number of carboxylic acids is 1. The minimum atomic E-state index is -5.08. The van der Waals surface area contributed by atoms with Crippen molar-refractivity contribution in [3.8, 4) is 11.9 Å². The van der Waals surface area contributed by atoms with Crippen molar-refractivity contribution in [2.24, 2.45) is 0 Å². The highest BCUT2D eigenvalue weighted by molar-refractivity contribution is 5.73. The third kappa shape index (κ3) is 7.23. The van der Waals surface area contributed by atoms with Gasteiger partial charge in [0.1, 0.15) is 12.7 Å². The van der Waals surface area contributed by atoms with Gasteiger partial charge in [-0.2, -0.15) is 23.4 Å². The predicted octanol–water partition coefficient (Wildman–Crippen LogP) is 1.37. The molecule has 12 heteroatoms. The molecule has 0 radical (unpaired) electrons. The molecule has 0 unspecified atom stereocenters. The molecular weight excluding hydrogens is 393 g/mol. The smallest absolute Gasteiger partial charge is 0.475 e. The number of alkyl halides is 3. The summed E-state index contributed by atoms with van der Waals surface area (Å²) in [6.07, 6.45) is -0.213. The van der Waals surface area contributed by atoms with Crippen molar-refractivity contribution < 1.29 is 27.8 Å². The summed E-state index contributed by atoms with van der Waals surface area (Å²) < 4.78 is 37.4. The number of rotatable bonds is 4. The minimum absolute atomic E-state index is 0.297. The highest BCUT2D eigenvalue weighted by Crippen LogP contribution is 2.15. The molecule has 0 saturated carbocycles. The Bertz CT molecular complexity index is 849. The fourth-order valence-electron chi connectivity index (χ4n) is 2.18. The number of carbonyl (C=O) groups is 1. The first-order valence-electron chi connectivity index (χ1n) is 8.35. The summed E-state index contributed by atoms with van der Waals surface area (Å²) in [7, 11) is 0. The first-order valence-corrected chi connectivity index (χ1v) is 8.35. The van der Waals surface area contributed by atoms with Gasteiger partial charge in [-0.15, -0.1) is 0 Å². The number of aromatic nitrogens is 3. The van der Waals surface area contributed by atoms with Gasteiger partial charge in [0, 0.05) is 32.4 Å². The maximum Gasteiger partial charge on any atom is 0.490 e. The van der Waals surface area contributed by atoms with E-state index in [2.05, 4.69) is 25.2 Å². The third-order valence-electron chi connectivity index (χ3n) is 3.60. The molecule has 0 bridgehead atoms. The highest BCUT2D eigenvalue weighted by Gasteiger charge is 2.38. The number of aliphatic carboxylic acids is 1. The van der Waals surface area contributed by atoms with Crippen LogP contribution in [0.2, 0.25) is 0 Å². The number of ether oxygens (including phenoxy) is 1. The molecule has 1 fully saturated rings. The molecule has 154 valence electrons. The molecule has 0 spiro atoms. The number of carboxylic acid groups (broad SMARTS) is 1. The fraction of sp³-hybridized carbons (Fsp3) is 0.353. The van der Waals surface area contributed by atoms with E-state index in [1.807, 2.05) is 6.07 Å². The standard InChI is InChI=1S/C15H16N6O.C2HF3O2/c16-7-12-1-2-13(19-8-12)11-22-15-10-18-9-14(20-15)21-5-3-17-4-6-21;3-2(4,5)1(6)7/h1-2,8-10,17H,3-6,11H2;(H,6,7). The van der Waals surface area contributed by atoms with Gasteiger partial charge in [-0.3, -0.25) is 9.97 Å². The van der Waals surface area contributed by atoms with Crippen LogP contribution in [0.5, 0.6) is 5.88 Å². The summed E-state index contributed by atoms with van der Waals surface area (Å²) in [6.45, 7) is 4.01. The topological polar surface area (TPSA) is 124 Å². The largest absolute Gasteiger partial charge is 0.490 e. The molecule has 2 N–H and O–H groups in total. The Balaban J connectivity index is 0.000000370. The molecule has 2 aromatic rings. The van der Waals surface area contributed by atoms with E-state index in [0.29, 0.717) is 18.1 Å². The van der Waals surface area contributed by atoms with Crippen LogP contribution in [-0.4, -0.2) is 58.4 Å². The van der Waals surface area contributed by atoms with E-state index < -0.39 is 12.1 Å². The summed E-state index contributed by atoms with van der Waals surface area (Å²) >= 11 is 0. The lowest BCUT2D eigenvalue weighted by Gasteiger charge is -2.28. The highest BCUT2D eigenvalue weighted by atomic mass is 19.4. The van der Waals surface area contributed by atoms with Gasteiger partial charge in [0.05, 0.1) is 23.7 Å². The van der Waals surface area contributed by atoms with Crippen LogP contribution in [0.25, 0.3) is 0 Å². The van der Waals surface area contributed by atoms with E-state index in [4.69, 9.17) is 19.9 Å². The zero-order valence-corrected chi connectivity index (χ0v) is 15.1. The van der Waals surface area contributed by atoms with Gasteiger partial charge in [-0.05, 0) is 12.1 Å². The van der Waals surface area contributed by atoms with Crippen LogP contribution in [0.1, 0.15) is 11.3 Å². The normalized spacial score (nSPS) is 13.7. The van der Waals surface area contributed by atoms with Crippen molar-refractivity contribution in [3.63, 3.8) is 0 Å². The molecule has 9 nitrogen and oxygen atoms in total. The van der Waals surface area contributed by atoms with Crippen LogP contribution < -0.4 is 15.0 Å². The van der Waals surface area contributed by atoms with Crippen LogP contribution in [0, 0.1) is 11.3 Å². The Kier molecular flexibility index (Phi) is 7.67. The Morgan fingerprint density at radius 1 is 1.28 bits per heavy atom. The van der Waals surface area contributed by atoms with E-state index in [1.165, 1.54) is 6.20 Å². The van der Waals surface area contributed by atoms with Gasteiger partial charge >= 0.3 is 12.1 Å². The van der Waals surface area contributed by atoms with Gasteiger partial charge < -0.3 is 20.1 Å². The maximum absolute atomic E-state index is 10.6. The Labute approximate surface area is 163 Å². The van der Waals surface area contributed by atoms with Crippen molar-refractivity contribution in [2.75, 3.05) is 31.1 Å². The quantitative estimate of drug-likeness (QED) is 0.769. The number of anilines is 1. The van der Waals surface area contributed by atoms with Gasteiger partial charge in [-0.1, -0.05) is 0 Å². The van der Waals surface area contributed by atoms with Crippen molar-refractivity contribution in [2.45, 2.75) is 12.8 Å². The van der Waals surface area contributed by atoms with Gasteiger partial charge in [0.15, 0.2) is 5.82 Å². The summed E-state index contributed by atoms with van der Waals surface area (Å²) in [5, 5.41) is 19.2. The van der Waals surface area contributed by atoms with Crippen LogP contribution in [0.3, 0.4) is 0 Å². The van der Waals surface area contributed by atoms with E-state index in [1.54, 1.807) is 24.5 Å². The lowest BCUT2D eigenvalue weighted by molar-refractivity contribution is -0.192. The predicted molar refractivity (Wildman–Crippen MR) is 94.1 cm³/mol. The van der Waals surface area contributed by atoms with Crippen LogP contribution >= 0.6 is 0 Å². The van der Waals surface area contributed by atoms with Gasteiger partial charge in [-0.25, -0.2) is 4.79 Å². The van der Waals surface area contributed by atoms with Crippen molar-refractivity contribution in [1.82, 2.24) is 20.3 Å². The third-order valence-corrected chi connectivity index (χ3v) is 3.60. The van der Waals surface area contributed by atoms with Crippen molar-refractivity contribution in [1.29, 1.82) is 5.26 Å². The molecule has 0 aromatic carbocycles. The second kappa shape index (κ2) is 10.2. The number of nitrogens with one attached hydrogen (secondary N) is 1. The zero-order chi connectivity index (χ0) is 21.3. The van der Waals surface area contributed by atoms with Crippen LogP contribution in [0.4, 0.5) is 19.0 Å². The number of halogens is 3. The fourth-order valence-corrected chi connectivity index (χ4v) is 2.18. The van der Waals surface area contributed by atoms with Crippen LogP contribution in [0.15, 0.2) is 30.7 Å². The second-order valence-electron chi connectivity index (χ2n) is 5.69. The van der Waals surface area contributed by atoms with E-state index in [0.717, 1.165) is 37.7 Å². The Morgan fingerprint density at radius 3 is 2.52 bits per heavy atom. The monoisotopic (exact) mass is 410 g/mol. The van der Waals surface area contributed by atoms with Crippen molar-refractivity contribution in [3.05, 3.63) is 42.0 Å². The average Bonchev–Trinajstić information content (AvgIpc) is 2.73. The van der Waals surface area contributed by atoms with E-state index in [9.17, 15) is 13.2 Å². The lowest BCUT2D eigenvalue weighted by atomic mass is 10.3. The van der Waals surface area contributed by atoms with Crippen LogP contribution in [-0.2, 0) is 11.4 Å². The van der Waals surface area contributed by atoms with Gasteiger partial charge in [0.25, 0.3) is 0 Å². The first kappa shape index (κ1) is 21.8. The second-order valence-corrected chi connectivity index (χ2v) is 5.69. The number of hydrogen-bond acceptors (Lipinski definition) is 8. The molecule has 3 rings (SSSR count). The van der Waals surface area contributed by atoms with Gasteiger partial charge in [0.2, 0.25) is 5.88 Å². The molecule has 2 aromatic heterocycles. The number of pyridine rings is 1. The van der Waals surface area contributed by atoms with E-state index in [-0.39, 0.29) is 0 Å². The lowest BCUT2D eigenvalue weighted by Crippen LogP contribution is -2.43. The molecule has 0 aliphatic carbocycles. The van der Waals surface area contributed by atoms with E-state index >= 15 is 0 Å². The minimum Gasteiger partial charge on any atom is -0.475 e. The maximum atomic E-state index is 10.6. The SMILES string of the molecule is N#Cc1ccc(COc2cncc(N3CCNCC3)n2)nc1.O=C(O)C(F)(F)F. The molecule has 1 aliphatic heterocycles. The molecule has 1 saturated heterocycles. The summed E-state index contributed by atoms with van der Waals surface area (Å²) in [6, 6.07) is 5.52. The summed E-state index contributed by atoms with van der Waals surface area (Å²) in [5.74, 6) is -1.46.